The van der Waals surface area contributed by atoms with Crippen LogP contribution in [0.5, 0.6) is 0 Å². The first-order valence-electron chi connectivity index (χ1n) is 25.4. The van der Waals surface area contributed by atoms with E-state index < -0.39 is 12.1 Å². The van der Waals surface area contributed by atoms with Crippen LogP contribution in [0.4, 0.5) is 0 Å². The van der Waals surface area contributed by atoms with E-state index in [9.17, 15) is 14.4 Å². The molecule has 0 bridgehead atoms. The summed E-state index contributed by atoms with van der Waals surface area (Å²) in [6, 6.07) is 0. The van der Waals surface area contributed by atoms with E-state index in [0.717, 1.165) is 77.0 Å². The fourth-order valence-electron chi connectivity index (χ4n) is 6.94. The molecule has 6 nitrogen and oxygen atoms in total. The minimum absolute atomic E-state index is 0.103. The summed E-state index contributed by atoms with van der Waals surface area (Å²) >= 11 is 0. The third-order valence-corrected chi connectivity index (χ3v) is 10.7. The molecule has 0 rings (SSSR count). The zero-order valence-corrected chi connectivity index (χ0v) is 39.9. The van der Waals surface area contributed by atoms with Crippen LogP contribution in [-0.4, -0.2) is 37.2 Å². The zero-order valence-electron chi connectivity index (χ0n) is 39.9. The molecule has 0 N–H and O–H groups in total. The molecule has 0 heterocycles. The molecular formula is C55H94O6. The average molecular weight is 851 g/mol. The van der Waals surface area contributed by atoms with Crippen LogP contribution in [-0.2, 0) is 28.6 Å². The summed E-state index contributed by atoms with van der Waals surface area (Å²) in [4.78, 5) is 37.9. The second-order valence-electron chi connectivity index (χ2n) is 16.7. The van der Waals surface area contributed by atoms with Crippen molar-refractivity contribution in [3.63, 3.8) is 0 Å². The maximum atomic E-state index is 12.7. The fourth-order valence-corrected chi connectivity index (χ4v) is 6.94. The smallest absolute Gasteiger partial charge is 0.306 e. The van der Waals surface area contributed by atoms with Crippen LogP contribution in [0.2, 0.25) is 0 Å². The van der Waals surface area contributed by atoms with Gasteiger partial charge in [0.25, 0.3) is 0 Å². The lowest BCUT2D eigenvalue weighted by atomic mass is 10.0. The average Bonchev–Trinajstić information content (AvgIpc) is 3.26. The van der Waals surface area contributed by atoms with Gasteiger partial charge in [-0.25, -0.2) is 0 Å². The van der Waals surface area contributed by atoms with Crippen LogP contribution < -0.4 is 0 Å². The molecule has 0 saturated carbocycles. The SMILES string of the molecule is CC/C=C\C/C=C\C/C=C\C/C=C\C/C=C\C/C=C\CCC(=O)O[C@@H](COC(=O)CCCCCCCCCCCCC)COC(=O)CCCCCCCCCCCCCCC. The Balaban J connectivity index is 4.49. The van der Waals surface area contributed by atoms with Crippen molar-refractivity contribution in [3.8, 4) is 0 Å². The molecule has 0 radical (unpaired) electrons. The largest absolute Gasteiger partial charge is 0.462 e. The highest BCUT2D eigenvalue weighted by Gasteiger charge is 2.19. The summed E-state index contributed by atoms with van der Waals surface area (Å²) in [6.07, 6.45) is 61.8. The van der Waals surface area contributed by atoms with Crippen LogP contribution in [0.25, 0.3) is 0 Å². The topological polar surface area (TPSA) is 78.9 Å². The van der Waals surface area contributed by atoms with Gasteiger partial charge in [-0.15, -0.1) is 0 Å². The van der Waals surface area contributed by atoms with Crippen molar-refractivity contribution < 1.29 is 28.6 Å². The Hall–Kier alpha value is -3.15. The molecule has 0 aliphatic rings. The Labute approximate surface area is 376 Å². The molecule has 350 valence electrons. The van der Waals surface area contributed by atoms with Gasteiger partial charge in [-0.2, -0.15) is 0 Å². The Bertz CT molecular complexity index is 1160. The standard InChI is InChI=1S/C55H94O6/c1-4-7-10-13-16-19-22-24-25-26-27-28-29-31-34-37-40-43-46-49-55(58)61-52(50-59-53(56)47-44-41-38-35-32-21-18-15-12-9-6-3)51-60-54(57)48-45-42-39-36-33-30-23-20-17-14-11-8-5-2/h7,10,16,19,24-25,27-28,31,34,40,43,52H,4-6,8-9,11-15,17-18,20-23,26,29-30,32-33,35-39,41-42,44-51H2,1-3H3/b10-7-,19-16-,25-24-,28-27-,34-31-,43-40-/t52-/m0/s1. The molecule has 0 amide bonds. The number of hydrogen-bond donors (Lipinski definition) is 0. The van der Waals surface area contributed by atoms with E-state index >= 15 is 0 Å². The summed E-state index contributed by atoms with van der Waals surface area (Å²) in [5.41, 5.74) is 0. The summed E-state index contributed by atoms with van der Waals surface area (Å²) in [5.74, 6) is -0.985. The molecule has 0 aromatic rings. The Morgan fingerprint density at radius 3 is 0.967 bits per heavy atom. The van der Waals surface area contributed by atoms with Gasteiger partial charge in [0.05, 0.1) is 0 Å². The number of hydrogen-bond acceptors (Lipinski definition) is 6. The van der Waals surface area contributed by atoms with Crippen molar-refractivity contribution in [1.82, 2.24) is 0 Å². The number of carbonyl (C=O) groups excluding carboxylic acids is 3. The number of esters is 3. The predicted octanol–water partition coefficient (Wildman–Crippen LogP) is 16.6. The van der Waals surface area contributed by atoms with Gasteiger partial charge in [-0.3, -0.25) is 14.4 Å². The van der Waals surface area contributed by atoms with Gasteiger partial charge in [0, 0.05) is 19.3 Å². The van der Waals surface area contributed by atoms with E-state index in [0.29, 0.717) is 19.3 Å². The van der Waals surface area contributed by atoms with Crippen molar-refractivity contribution >= 4 is 17.9 Å². The molecule has 6 heteroatoms. The second kappa shape index (κ2) is 49.5. The van der Waals surface area contributed by atoms with Gasteiger partial charge in [0.1, 0.15) is 13.2 Å². The highest BCUT2D eigenvalue weighted by molar-refractivity contribution is 5.71. The van der Waals surface area contributed by atoms with Crippen LogP contribution in [0.15, 0.2) is 72.9 Å². The van der Waals surface area contributed by atoms with E-state index in [1.54, 1.807) is 0 Å². The summed E-state index contributed by atoms with van der Waals surface area (Å²) < 4.78 is 16.7. The Morgan fingerprint density at radius 1 is 0.344 bits per heavy atom. The van der Waals surface area contributed by atoms with Crippen molar-refractivity contribution in [2.75, 3.05) is 13.2 Å². The van der Waals surface area contributed by atoms with Crippen molar-refractivity contribution in [2.24, 2.45) is 0 Å². The number of allylic oxidation sites excluding steroid dienone is 12. The van der Waals surface area contributed by atoms with Gasteiger partial charge < -0.3 is 14.2 Å². The van der Waals surface area contributed by atoms with Crippen LogP contribution >= 0.6 is 0 Å². The fraction of sp³-hybridized carbons (Fsp3) is 0.727. The number of ether oxygens (including phenoxy) is 3. The molecule has 0 aliphatic carbocycles. The third kappa shape index (κ3) is 47.7. The normalized spacial score (nSPS) is 12.6. The summed E-state index contributed by atoms with van der Waals surface area (Å²) in [6.45, 7) is 6.45. The van der Waals surface area contributed by atoms with Crippen LogP contribution in [0.1, 0.15) is 239 Å². The number of rotatable bonds is 45. The van der Waals surface area contributed by atoms with Crippen molar-refractivity contribution in [3.05, 3.63) is 72.9 Å². The lowest BCUT2D eigenvalue weighted by molar-refractivity contribution is -0.166. The minimum atomic E-state index is -0.811. The molecule has 0 saturated heterocycles. The second-order valence-corrected chi connectivity index (χ2v) is 16.7. The van der Waals surface area contributed by atoms with E-state index in [-0.39, 0.29) is 31.6 Å². The molecule has 0 unspecified atom stereocenters. The van der Waals surface area contributed by atoms with Gasteiger partial charge >= 0.3 is 17.9 Å². The first-order chi connectivity index (χ1) is 30.0. The van der Waals surface area contributed by atoms with E-state index in [2.05, 4.69) is 81.5 Å². The van der Waals surface area contributed by atoms with E-state index in [1.165, 1.54) is 116 Å². The maximum Gasteiger partial charge on any atom is 0.306 e. The minimum Gasteiger partial charge on any atom is -0.462 e. The Kier molecular flexibility index (Phi) is 46.9. The first kappa shape index (κ1) is 57.9. The Morgan fingerprint density at radius 2 is 0.639 bits per heavy atom. The first-order valence-corrected chi connectivity index (χ1v) is 25.4. The lowest BCUT2D eigenvalue weighted by Gasteiger charge is -2.18. The lowest BCUT2D eigenvalue weighted by Crippen LogP contribution is -2.30. The molecule has 0 aromatic carbocycles. The highest BCUT2D eigenvalue weighted by Crippen LogP contribution is 2.15. The van der Waals surface area contributed by atoms with Gasteiger partial charge in [0.15, 0.2) is 6.10 Å². The molecule has 0 aromatic heterocycles. The monoisotopic (exact) mass is 851 g/mol. The third-order valence-electron chi connectivity index (χ3n) is 10.7. The predicted molar refractivity (Wildman–Crippen MR) is 261 cm³/mol. The van der Waals surface area contributed by atoms with Crippen molar-refractivity contribution in [2.45, 2.75) is 245 Å². The van der Waals surface area contributed by atoms with Crippen LogP contribution in [0, 0.1) is 0 Å². The van der Waals surface area contributed by atoms with Crippen molar-refractivity contribution in [1.29, 1.82) is 0 Å². The van der Waals surface area contributed by atoms with Gasteiger partial charge in [-0.1, -0.05) is 235 Å². The molecule has 0 spiro atoms. The maximum absolute atomic E-state index is 12.7. The molecular weight excluding hydrogens is 757 g/mol. The summed E-state index contributed by atoms with van der Waals surface area (Å²) in [7, 11) is 0. The highest BCUT2D eigenvalue weighted by atomic mass is 16.6. The van der Waals surface area contributed by atoms with E-state index in [1.807, 2.05) is 12.2 Å². The quantitative estimate of drug-likeness (QED) is 0.0263. The molecule has 1 atom stereocenters. The van der Waals surface area contributed by atoms with Gasteiger partial charge in [-0.05, 0) is 57.8 Å². The van der Waals surface area contributed by atoms with Gasteiger partial charge in [0.2, 0.25) is 0 Å². The summed E-state index contributed by atoms with van der Waals surface area (Å²) in [5, 5.41) is 0. The molecule has 0 aliphatic heterocycles. The zero-order chi connectivity index (χ0) is 44.4. The molecule has 61 heavy (non-hydrogen) atoms. The van der Waals surface area contributed by atoms with E-state index in [4.69, 9.17) is 14.2 Å². The van der Waals surface area contributed by atoms with Crippen LogP contribution in [0.3, 0.4) is 0 Å². The number of unbranched alkanes of at least 4 members (excludes halogenated alkanes) is 22. The number of carbonyl (C=O) groups is 3. The molecule has 0 fully saturated rings.